The summed E-state index contributed by atoms with van der Waals surface area (Å²) in [6, 6.07) is -2.79. The lowest BCUT2D eigenvalue weighted by molar-refractivity contribution is -0.403. The van der Waals surface area contributed by atoms with Crippen LogP contribution >= 0.6 is 0 Å². The number of rotatable bonds is 55. The van der Waals surface area contributed by atoms with Gasteiger partial charge in [0.05, 0.1) is 63.4 Å². The highest BCUT2D eigenvalue weighted by Crippen LogP contribution is 2.41. The molecule has 4 aliphatic rings. The summed E-state index contributed by atoms with van der Waals surface area (Å²) in [5.74, 6) is -8.55. The number of nitrogens with one attached hydrogen (secondary N) is 2. The van der Waals surface area contributed by atoms with E-state index in [1.807, 2.05) is 6.08 Å². The second-order valence-electron chi connectivity index (χ2n) is 28.6. The maximum Gasteiger partial charge on any atom is 0.364 e. The van der Waals surface area contributed by atoms with Crippen LogP contribution in [0.5, 0.6) is 0 Å². The topological polar surface area (TPSA) is 449 Å². The molecule has 0 aromatic rings. The van der Waals surface area contributed by atoms with Gasteiger partial charge in [0, 0.05) is 32.1 Å². The molecular weight excluding hydrogens is 1320 g/mol. The summed E-state index contributed by atoms with van der Waals surface area (Å²) in [6.45, 7) is 1.94. The molecule has 0 aliphatic carbocycles. The standard InChI is InChI=1S/C73H132N2O26/c1-5-7-9-11-13-15-17-19-20-21-22-23-24-25-27-29-31-33-35-37-39-57(85)75-50(51(82)38-36-34-32-30-28-26-18-16-14-12-10-8-6-2)46-94-70-63(90)62(89)65(55(44-78)96-70)98-71-64(91)68(66(56(45-79)97-71)99-69-49(40-47(3)80)59(86)61(88)54(43-77)95-69)101-73(72(92)93)41-52(83)58(74-48(4)81)67(100-73)60(87)53(84)42-76/h36,38,49-56,58-71,76-79,82-84,86-91H,5-35,37,39-46H2,1-4H3,(H,74,81)(H,75,85)(H,92,93). The number of carbonyl (C=O) groups is 4. The highest BCUT2D eigenvalue weighted by molar-refractivity contribution is 5.77. The third-order valence-corrected chi connectivity index (χ3v) is 20.0. The fraction of sp³-hybridized carbons (Fsp3) is 0.918. The predicted octanol–water partition coefficient (Wildman–Crippen LogP) is 4.17. The number of carboxylic acid groups (broad SMARTS) is 1. The molecule has 4 fully saturated rings. The Morgan fingerprint density at radius 2 is 1.01 bits per heavy atom. The van der Waals surface area contributed by atoms with E-state index in [-0.39, 0.29) is 12.3 Å². The molecule has 23 unspecified atom stereocenters. The van der Waals surface area contributed by atoms with Gasteiger partial charge in [0.1, 0.15) is 85.1 Å². The van der Waals surface area contributed by atoms with E-state index in [1.165, 1.54) is 141 Å². The lowest BCUT2D eigenvalue weighted by Crippen LogP contribution is -2.71. The van der Waals surface area contributed by atoms with Gasteiger partial charge in [-0.15, -0.1) is 0 Å². The normalized spacial score (nSPS) is 31.4. The van der Waals surface area contributed by atoms with Crippen molar-refractivity contribution in [3.05, 3.63) is 12.2 Å². The first kappa shape index (κ1) is 90.4. The van der Waals surface area contributed by atoms with Gasteiger partial charge in [0.25, 0.3) is 5.79 Å². The molecule has 0 aromatic heterocycles. The van der Waals surface area contributed by atoms with E-state index < -0.39 is 204 Å². The number of ketones is 1. The fourth-order valence-electron chi connectivity index (χ4n) is 13.9. The maximum atomic E-state index is 13.6. The second kappa shape index (κ2) is 50.5. The third kappa shape index (κ3) is 31.0. The Morgan fingerprint density at radius 1 is 0.545 bits per heavy atom. The molecule has 101 heavy (non-hydrogen) atoms. The van der Waals surface area contributed by atoms with Crippen LogP contribution in [0.1, 0.15) is 252 Å². The summed E-state index contributed by atoms with van der Waals surface area (Å²) in [5, 5.41) is 161. The van der Waals surface area contributed by atoms with Crippen LogP contribution in [0.25, 0.3) is 0 Å². The molecule has 0 spiro atoms. The summed E-state index contributed by atoms with van der Waals surface area (Å²) in [6.07, 6.45) is 2.38. The summed E-state index contributed by atoms with van der Waals surface area (Å²) in [7, 11) is 0. The average Bonchev–Trinajstić information content (AvgIpc) is 0.754. The molecule has 0 saturated carbocycles. The number of hydrogen-bond donors (Lipinski definition) is 16. The number of carbonyl (C=O) groups excluding carboxylic acids is 3. The van der Waals surface area contributed by atoms with Crippen molar-refractivity contribution in [1.29, 1.82) is 0 Å². The molecular formula is C73H132N2O26. The van der Waals surface area contributed by atoms with Gasteiger partial charge < -0.3 is 125 Å². The van der Waals surface area contributed by atoms with Crippen LogP contribution in [-0.4, -0.2) is 262 Å². The molecule has 0 aromatic carbocycles. The highest BCUT2D eigenvalue weighted by Gasteiger charge is 2.61. The predicted molar refractivity (Wildman–Crippen MR) is 370 cm³/mol. The van der Waals surface area contributed by atoms with Crippen LogP contribution in [0.4, 0.5) is 0 Å². The summed E-state index contributed by atoms with van der Waals surface area (Å²) >= 11 is 0. The maximum absolute atomic E-state index is 13.6. The number of aliphatic hydroxyl groups is 13. The molecule has 23 atom stereocenters. The van der Waals surface area contributed by atoms with E-state index in [9.17, 15) is 90.7 Å². The van der Waals surface area contributed by atoms with Gasteiger partial charge in [-0.1, -0.05) is 212 Å². The minimum atomic E-state index is -3.26. The number of amides is 2. The van der Waals surface area contributed by atoms with Crippen molar-refractivity contribution in [1.82, 2.24) is 10.6 Å². The molecule has 0 bridgehead atoms. The zero-order chi connectivity index (χ0) is 74.3. The molecule has 28 heteroatoms. The zero-order valence-electron chi connectivity index (χ0n) is 60.8. The Labute approximate surface area is 598 Å². The fourth-order valence-corrected chi connectivity index (χ4v) is 13.9. The van der Waals surface area contributed by atoms with Gasteiger partial charge in [0.2, 0.25) is 11.8 Å². The molecule has 4 saturated heterocycles. The summed E-state index contributed by atoms with van der Waals surface area (Å²) < 4.78 is 48.2. The first-order valence-electron chi connectivity index (χ1n) is 38.3. The van der Waals surface area contributed by atoms with Gasteiger partial charge in [-0.05, 0) is 26.2 Å². The van der Waals surface area contributed by atoms with E-state index in [4.69, 9.17) is 37.9 Å². The SMILES string of the molecule is CCCCCCCCCCCCCC=CC(O)C(COC1OC(CO)C(OC2OC(CO)C(OC3OC(CO)C(O)C(O)C3CC(C)=O)C(OC3(C(=O)O)CC(O)C(NC(C)=O)C(C(O)C(O)CO)O3)C2O)C(O)C1O)NC(=O)CCCCCCCCCCCCCCCCCCCCCC. The third-order valence-electron chi connectivity index (χ3n) is 20.0. The van der Waals surface area contributed by atoms with Crippen LogP contribution in [-0.2, 0) is 57.1 Å². The number of aliphatic carboxylic acids is 1. The Kier molecular flexibility index (Phi) is 45.2. The molecule has 4 rings (SSSR count). The number of carboxylic acids is 1. The zero-order valence-corrected chi connectivity index (χ0v) is 60.8. The van der Waals surface area contributed by atoms with Gasteiger partial charge in [-0.25, -0.2) is 4.79 Å². The number of ether oxygens (including phenoxy) is 8. The van der Waals surface area contributed by atoms with Crippen molar-refractivity contribution >= 4 is 23.6 Å². The summed E-state index contributed by atoms with van der Waals surface area (Å²) in [5.41, 5.74) is 0. The van der Waals surface area contributed by atoms with Crippen molar-refractivity contribution in [3.63, 3.8) is 0 Å². The van der Waals surface area contributed by atoms with E-state index in [0.717, 1.165) is 65.2 Å². The smallest absolute Gasteiger partial charge is 0.364 e. The molecule has 590 valence electrons. The van der Waals surface area contributed by atoms with Crippen LogP contribution in [0, 0.1) is 5.92 Å². The minimum absolute atomic E-state index is 0.165. The van der Waals surface area contributed by atoms with E-state index in [1.54, 1.807) is 6.08 Å². The lowest BCUT2D eigenvalue weighted by atomic mass is 9.87. The van der Waals surface area contributed by atoms with Crippen molar-refractivity contribution in [3.8, 4) is 0 Å². The molecule has 0 radical (unpaired) electrons. The van der Waals surface area contributed by atoms with E-state index >= 15 is 0 Å². The second-order valence-corrected chi connectivity index (χ2v) is 28.6. The number of unbranched alkanes of at least 4 members (excludes halogenated alkanes) is 30. The Hall–Kier alpha value is -3.02. The van der Waals surface area contributed by atoms with E-state index in [0.29, 0.717) is 12.8 Å². The van der Waals surface area contributed by atoms with Gasteiger partial charge in [-0.2, -0.15) is 0 Å². The van der Waals surface area contributed by atoms with Gasteiger partial charge in [0.15, 0.2) is 18.9 Å². The first-order chi connectivity index (χ1) is 48.5. The van der Waals surface area contributed by atoms with Crippen molar-refractivity contribution in [2.24, 2.45) is 5.92 Å². The minimum Gasteiger partial charge on any atom is -0.477 e. The van der Waals surface area contributed by atoms with Crippen molar-refractivity contribution in [2.45, 2.75) is 387 Å². The van der Waals surface area contributed by atoms with Crippen LogP contribution in [0.15, 0.2) is 12.2 Å². The average molecular weight is 1450 g/mol. The first-order valence-corrected chi connectivity index (χ1v) is 38.3. The highest BCUT2D eigenvalue weighted by atomic mass is 16.8. The van der Waals surface area contributed by atoms with Crippen LogP contribution in [0.3, 0.4) is 0 Å². The largest absolute Gasteiger partial charge is 0.477 e. The number of Topliss-reactive ketones (excluding diaryl/α,β-unsaturated/α-hetero) is 1. The van der Waals surface area contributed by atoms with Crippen LogP contribution < -0.4 is 10.6 Å². The molecule has 28 nitrogen and oxygen atoms in total. The molecule has 4 aliphatic heterocycles. The molecule has 16 N–H and O–H groups in total. The Balaban J connectivity index is 1.49. The lowest BCUT2D eigenvalue weighted by Gasteiger charge is -2.52. The Morgan fingerprint density at radius 3 is 1.49 bits per heavy atom. The number of hydrogen-bond acceptors (Lipinski definition) is 25. The Bertz CT molecular complexity index is 2260. The van der Waals surface area contributed by atoms with Crippen molar-refractivity contribution < 1.29 is 129 Å². The monoisotopic (exact) mass is 1450 g/mol. The van der Waals surface area contributed by atoms with Crippen molar-refractivity contribution in [2.75, 3.05) is 33.0 Å². The van der Waals surface area contributed by atoms with E-state index in [2.05, 4.69) is 24.5 Å². The number of aliphatic hydroxyl groups excluding tert-OH is 13. The summed E-state index contributed by atoms with van der Waals surface area (Å²) in [4.78, 5) is 52.1. The molecule has 2 amide bonds. The van der Waals surface area contributed by atoms with Gasteiger partial charge in [-0.3, -0.25) is 9.59 Å². The molecule has 4 heterocycles. The number of allylic oxidation sites excluding steroid dienone is 1. The van der Waals surface area contributed by atoms with Crippen LogP contribution in [0.2, 0.25) is 0 Å². The van der Waals surface area contributed by atoms with Gasteiger partial charge >= 0.3 is 5.97 Å². The quantitative estimate of drug-likeness (QED) is 0.0300.